The summed E-state index contributed by atoms with van der Waals surface area (Å²) >= 11 is 0. The SMILES string of the molecule is CCCCC(C)Cn1cnc2c1c(=O)n(CC1CCC(O)(C(F)(F)F)CC1)c(=O)n2C. The zero-order valence-corrected chi connectivity index (χ0v) is 18.3. The van der Waals surface area contributed by atoms with Gasteiger partial charge in [-0.1, -0.05) is 26.7 Å². The molecule has 1 fully saturated rings. The van der Waals surface area contributed by atoms with Crippen LogP contribution in [0.2, 0.25) is 0 Å². The second-order valence-electron chi connectivity index (χ2n) is 9.05. The Morgan fingerprint density at radius 1 is 1.29 bits per heavy atom. The number of aliphatic hydroxyl groups is 1. The second kappa shape index (κ2) is 8.80. The van der Waals surface area contributed by atoms with Crippen LogP contribution in [-0.4, -0.2) is 35.6 Å². The van der Waals surface area contributed by atoms with Gasteiger partial charge in [-0.05, 0) is 43.9 Å². The molecule has 1 atom stereocenters. The van der Waals surface area contributed by atoms with Gasteiger partial charge in [-0.2, -0.15) is 13.2 Å². The summed E-state index contributed by atoms with van der Waals surface area (Å²) in [4.78, 5) is 30.2. The minimum absolute atomic E-state index is 0.0337. The van der Waals surface area contributed by atoms with Gasteiger partial charge in [0, 0.05) is 20.1 Å². The zero-order chi connectivity index (χ0) is 23.0. The smallest absolute Gasteiger partial charge is 0.380 e. The fraction of sp³-hybridized carbons (Fsp3) is 0.762. The van der Waals surface area contributed by atoms with Crippen LogP contribution < -0.4 is 11.2 Å². The van der Waals surface area contributed by atoms with Gasteiger partial charge >= 0.3 is 11.9 Å². The third kappa shape index (κ3) is 4.58. The number of halogens is 3. The van der Waals surface area contributed by atoms with Crippen molar-refractivity contribution in [1.82, 2.24) is 18.7 Å². The van der Waals surface area contributed by atoms with Crippen molar-refractivity contribution in [3.05, 3.63) is 27.2 Å². The van der Waals surface area contributed by atoms with Crippen molar-refractivity contribution in [2.75, 3.05) is 0 Å². The van der Waals surface area contributed by atoms with Crippen LogP contribution in [0.15, 0.2) is 15.9 Å². The van der Waals surface area contributed by atoms with Crippen LogP contribution in [0.4, 0.5) is 13.2 Å². The fourth-order valence-electron chi connectivity index (χ4n) is 4.48. The Balaban J connectivity index is 1.87. The maximum Gasteiger partial charge on any atom is 0.417 e. The summed E-state index contributed by atoms with van der Waals surface area (Å²) in [5.74, 6) is 0.0474. The Bertz CT molecular complexity index is 1030. The Kier molecular flexibility index (Phi) is 6.69. The Hall–Kier alpha value is -2.10. The molecule has 3 rings (SSSR count). The summed E-state index contributed by atoms with van der Waals surface area (Å²) in [6.45, 7) is 4.86. The largest absolute Gasteiger partial charge is 0.417 e. The highest BCUT2D eigenvalue weighted by Gasteiger charge is 2.54. The van der Waals surface area contributed by atoms with Crippen molar-refractivity contribution in [3.8, 4) is 0 Å². The van der Waals surface area contributed by atoms with E-state index in [1.165, 1.54) is 4.57 Å². The van der Waals surface area contributed by atoms with E-state index in [9.17, 15) is 27.9 Å². The average Bonchev–Trinajstić information content (AvgIpc) is 3.12. The van der Waals surface area contributed by atoms with Crippen LogP contribution in [0.3, 0.4) is 0 Å². The standard InChI is InChI=1S/C21H31F3N4O3/c1-4-5-6-14(2)11-27-13-25-17-16(27)18(29)28(19(30)26(17)3)12-15-7-9-20(31,10-8-15)21(22,23)24/h13-15,31H,4-12H2,1-3H3. The quantitative estimate of drug-likeness (QED) is 0.711. The predicted octanol–water partition coefficient (Wildman–Crippen LogP) is 3.21. The molecule has 0 aromatic carbocycles. The van der Waals surface area contributed by atoms with Gasteiger partial charge < -0.3 is 9.67 Å². The van der Waals surface area contributed by atoms with Gasteiger partial charge in [0.15, 0.2) is 16.8 Å². The van der Waals surface area contributed by atoms with Gasteiger partial charge in [-0.3, -0.25) is 13.9 Å². The lowest BCUT2D eigenvalue weighted by Crippen LogP contribution is -2.49. The van der Waals surface area contributed by atoms with Crippen LogP contribution in [0, 0.1) is 11.8 Å². The highest BCUT2D eigenvalue weighted by molar-refractivity contribution is 5.69. The first kappa shape index (κ1) is 23.6. The van der Waals surface area contributed by atoms with Crippen LogP contribution >= 0.6 is 0 Å². The van der Waals surface area contributed by atoms with Crippen molar-refractivity contribution in [2.24, 2.45) is 18.9 Å². The van der Waals surface area contributed by atoms with Crippen LogP contribution in [0.1, 0.15) is 58.8 Å². The van der Waals surface area contributed by atoms with Crippen LogP contribution in [0.25, 0.3) is 11.2 Å². The Morgan fingerprint density at radius 2 is 1.94 bits per heavy atom. The molecule has 1 aliphatic rings. The molecule has 0 aliphatic heterocycles. The molecule has 2 aromatic rings. The van der Waals surface area contributed by atoms with Gasteiger partial charge in [0.05, 0.1) is 6.33 Å². The number of hydrogen-bond acceptors (Lipinski definition) is 4. The first-order valence-electron chi connectivity index (χ1n) is 10.9. The molecule has 10 heteroatoms. The molecule has 1 aliphatic carbocycles. The first-order valence-corrected chi connectivity index (χ1v) is 10.9. The van der Waals surface area contributed by atoms with Gasteiger partial charge in [0.25, 0.3) is 5.56 Å². The summed E-state index contributed by atoms with van der Waals surface area (Å²) in [6.07, 6.45) is -0.582. The fourth-order valence-corrected chi connectivity index (χ4v) is 4.48. The molecule has 174 valence electrons. The maximum atomic E-state index is 13.2. The number of imidazole rings is 1. The summed E-state index contributed by atoms with van der Waals surface area (Å²) in [5, 5.41) is 9.87. The molecule has 2 heterocycles. The second-order valence-corrected chi connectivity index (χ2v) is 9.05. The number of nitrogens with zero attached hydrogens (tertiary/aromatic N) is 4. The van der Waals surface area contributed by atoms with E-state index in [1.807, 2.05) is 0 Å². The lowest BCUT2D eigenvalue weighted by molar-refractivity contribution is -0.272. The van der Waals surface area contributed by atoms with E-state index in [0.29, 0.717) is 23.6 Å². The molecule has 7 nitrogen and oxygen atoms in total. The highest BCUT2D eigenvalue weighted by atomic mass is 19.4. The number of aromatic nitrogens is 4. The van der Waals surface area contributed by atoms with E-state index in [0.717, 1.165) is 23.8 Å². The molecule has 2 aromatic heterocycles. The van der Waals surface area contributed by atoms with E-state index in [1.54, 1.807) is 17.9 Å². The number of fused-ring (bicyclic) bond motifs is 1. The molecular weight excluding hydrogens is 413 g/mol. The molecular formula is C21H31F3N4O3. The number of unbranched alkanes of at least 4 members (excludes halogenated alkanes) is 1. The molecule has 1 unspecified atom stereocenters. The number of hydrogen-bond donors (Lipinski definition) is 1. The molecule has 0 bridgehead atoms. The van der Waals surface area contributed by atoms with E-state index >= 15 is 0 Å². The molecule has 1 saturated carbocycles. The van der Waals surface area contributed by atoms with Gasteiger partial charge in [-0.15, -0.1) is 0 Å². The summed E-state index contributed by atoms with van der Waals surface area (Å²) in [5.41, 5.74) is -3.03. The lowest BCUT2D eigenvalue weighted by Gasteiger charge is -2.37. The predicted molar refractivity (Wildman–Crippen MR) is 111 cm³/mol. The van der Waals surface area contributed by atoms with E-state index in [-0.39, 0.29) is 25.3 Å². The summed E-state index contributed by atoms with van der Waals surface area (Å²) < 4.78 is 43.4. The molecule has 0 radical (unpaired) electrons. The van der Waals surface area contributed by atoms with Crippen LogP contribution in [0.5, 0.6) is 0 Å². The minimum Gasteiger partial charge on any atom is -0.380 e. The normalized spacial score (nSPS) is 23.4. The summed E-state index contributed by atoms with van der Waals surface area (Å²) in [7, 11) is 1.54. The number of rotatable bonds is 7. The monoisotopic (exact) mass is 444 g/mol. The maximum absolute atomic E-state index is 13.2. The van der Waals surface area contributed by atoms with Gasteiger partial charge in [0.1, 0.15) is 0 Å². The van der Waals surface area contributed by atoms with E-state index < -0.39 is 35.9 Å². The minimum atomic E-state index is -4.68. The van der Waals surface area contributed by atoms with Crippen molar-refractivity contribution < 1.29 is 18.3 Å². The van der Waals surface area contributed by atoms with Crippen LogP contribution in [-0.2, 0) is 20.1 Å². The number of alkyl halides is 3. The third-order valence-electron chi connectivity index (χ3n) is 6.56. The molecule has 0 amide bonds. The molecule has 31 heavy (non-hydrogen) atoms. The molecule has 0 saturated heterocycles. The zero-order valence-electron chi connectivity index (χ0n) is 18.3. The lowest BCUT2D eigenvalue weighted by atomic mass is 9.78. The topological polar surface area (TPSA) is 82.1 Å². The Labute approximate surface area is 178 Å². The van der Waals surface area contributed by atoms with Crippen molar-refractivity contribution in [1.29, 1.82) is 0 Å². The number of aryl methyl sites for hydroxylation is 1. The van der Waals surface area contributed by atoms with Crippen molar-refractivity contribution in [3.63, 3.8) is 0 Å². The highest BCUT2D eigenvalue weighted by Crippen LogP contribution is 2.43. The van der Waals surface area contributed by atoms with Gasteiger partial charge in [-0.25, -0.2) is 9.78 Å². The Morgan fingerprint density at radius 3 is 2.52 bits per heavy atom. The van der Waals surface area contributed by atoms with E-state index in [4.69, 9.17) is 0 Å². The molecule has 0 spiro atoms. The third-order valence-corrected chi connectivity index (χ3v) is 6.56. The van der Waals surface area contributed by atoms with Crippen molar-refractivity contribution >= 4 is 11.2 Å². The first-order chi connectivity index (χ1) is 14.5. The van der Waals surface area contributed by atoms with Gasteiger partial charge in [0.2, 0.25) is 0 Å². The average molecular weight is 444 g/mol. The van der Waals surface area contributed by atoms with Crippen molar-refractivity contribution in [2.45, 2.75) is 83.7 Å². The summed E-state index contributed by atoms with van der Waals surface area (Å²) in [6, 6.07) is 0. The van der Waals surface area contributed by atoms with E-state index in [2.05, 4.69) is 18.8 Å². The molecule has 1 N–H and O–H groups in total.